The van der Waals surface area contributed by atoms with Crippen molar-refractivity contribution in [2.75, 3.05) is 32.3 Å². The lowest BCUT2D eigenvalue weighted by molar-refractivity contribution is -0.138. The van der Waals surface area contributed by atoms with Gasteiger partial charge in [0.15, 0.2) is 0 Å². The molecule has 5 nitrogen and oxygen atoms in total. The normalized spacial score (nSPS) is 16.0. The van der Waals surface area contributed by atoms with Crippen LogP contribution in [0.2, 0.25) is 0 Å². The van der Waals surface area contributed by atoms with E-state index < -0.39 is 0 Å². The van der Waals surface area contributed by atoms with E-state index >= 15 is 0 Å². The maximum Gasteiger partial charge on any atom is 0.242 e. The van der Waals surface area contributed by atoms with Crippen molar-refractivity contribution in [1.82, 2.24) is 9.80 Å². The second-order valence-corrected chi connectivity index (χ2v) is 5.98. The highest BCUT2D eigenvalue weighted by molar-refractivity contribution is 8.00. The molecule has 0 aliphatic carbocycles. The SMILES string of the molecule is COc1ccc([C@@H](C)N(C)C(=O)CN2CSCC2=O)cc1. The zero-order valence-corrected chi connectivity index (χ0v) is 13.4. The molecular formula is C15H20N2O3S. The van der Waals surface area contributed by atoms with Crippen LogP contribution in [0.25, 0.3) is 0 Å². The van der Waals surface area contributed by atoms with Crippen LogP contribution in [-0.4, -0.2) is 53.9 Å². The predicted molar refractivity (Wildman–Crippen MR) is 83.2 cm³/mol. The van der Waals surface area contributed by atoms with Gasteiger partial charge in [-0.1, -0.05) is 12.1 Å². The highest BCUT2D eigenvalue weighted by atomic mass is 32.2. The third kappa shape index (κ3) is 3.69. The van der Waals surface area contributed by atoms with Crippen LogP contribution in [0.5, 0.6) is 5.75 Å². The number of ether oxygens (including phenoxy) is 1. The zero-order chi connectivity index (χ0) is 15.4. The number of carbonyl (C=O) groups excluding carboxylic acids is 2. The maximum atomic E-state index is 12.3. The fourth-order valence-corrected chi connectivity index (χ4v) is 3.04. The van der Waals surface area contributed by atoms with E-state index in [9.17, 15) is 9.59 Å². The third-order valence-electron chi connectivity index (χ3n) is 3.72. The van der Waals surface area contributed by atoms with Crippen molar-refractivity contribution in [1.29, 1.82) is 0 Å². The quantitative estimate of drug-likeness (QED) is 0.831. The summed E-state index contributed by atoms with van der Waals surface area (Å²) in [5.41, 5.74) is 1.04. The molecule has 0 unspecified atom stereocenters. The van der Waals surface area contributed by atoms with Crippen molar-refractivity contribution in [2.24, 2.45) is 0 Å². The fourth-order valence-electron chi connectivity index (χ4n) is 2.14. The number of thioether (sulfide) groups is 1. The van der Waals surface area contributed by atoms with Crippen LogP contribution in [-0.2, 0) is 9.59 Å². The van der Waals surface area contributed by atoms with Gasteiger partial charge >= 0.3 is 0 Å². The first-order chi connectivity index (χ1) is 10.0. The van der Waals surface area contributed by atoms with E-state index in [1.807, 2.05) is 31.2 Å². The van der Waals surface area contributed by atoms with Crippen LogP contribution >= 0.6 is 11.8 Å². The van der Waals surface area contributed by atoms with Crippen molar-refractivity contribution < 1.29 is 14.3 Å². The number of hydrogen-bond donors (Lipinski definition) is 0. The van der Waals surface area contributed by atoms with E-state index in [4.69, 9.17) is 4.74 Å². The number of nitrogens with zero attached hydrogens (tertiary/aromatic N) is 2. The molecule has 0 bridgehead atoms. The number of amides is 2. The molecule has 1 aromatic rings. The van der Waals surface area contributed by atoms with Crippen LogP contribution in [0.3, 0.4) is 0 Å². The van der Waals surface area contributed by atoms with Gasteiger partial charge in [-0.05, 0) is 24.6 Å². The molecule has 1 heterocycles. The molecular weight excluding hydrogens is 288 g/mol. The molecule has 21 heavy (non-hydrogen) atoms. The topological polar surface area (TPSA) is 49.9 Å². The summed E-state index contributed by atoms with van der Waals surface area (Å²) in [7, 11) is 3.39. The van der Waals surface area contributed by atoms with E-state index in [2.05, 4.69) is 0 Å². The van der Waals surface area contributed by atoms with E-state index in [1.165, 1.54) is 0 Å². The van der Waals surface area contributed by atoms with Gasteiger partial charge in [0.05, 0.1) is 24.8 Å². The molecule has 0 radical (unpaired) electrons. The van der Waals surface area contributed by atoms with Crippen molar-refractivity contribution in [2.45, 2.75) is 13.0 Å². The average Bonchev–Trinajstić information content (AvgIpc) is 2.91. The van der Waals surface area contributed by atoms with Gasteiger partial charge in [0.2, 0.25) is 11.8 Å². The first-order valence-corrected chi connectivity index (χ1v) is 7.93. The summed E-state index contributed by atoms with van der Waals surface area (Å²) in [6.45, 7) is 2.13. The van der Waals surface area contributed by atoms with Crippen molar-refractivity contribution in [3.8, 4) is 5.75 Å². The minimum absolute atomic E-state index is 0.0406. The molecule has 0 aromatic heterocycles. The van der Waals surface area contributed by atoms with Gasteiger partial charge in [0.25, 0.3) is 0 Å². The van der Waals surface area contributed by atoms with Gasteiger partial charge in [-0.3, -0.25) is 9.59 Å². The molecule has 114 valence electrons. The molecule has 1 aliphatic rings. The molecule has 0 saturated carbocycles. The van der Waals surface area contributed by atoms with Crippen LogP contribution in [0, 0.1) is 0 Å². The van der Waals surface area contributed by atoms with Crippen LogP contribution in [0.1, 0.15) is 18.5 Å². The van der Waals surface area contributed by atoms with E-state index in [0.717, 1.165) is 11.3 Å². The third-order valence-corrected chi connectivity index (χ3v) is 4.67. The smallest absolute Gasteiger partial charge is 0.242 e. The lowest BCUT2D eigenvalue weighted by Crippen LogP contribution is -2.40. The highest BCUT2D eigenvalue weighted by Gasteiger charge is 2.26. The van der Waals surface area contributed by atoms with Crippen LogP contribution in [0.15, 0.2) is 24.3 Å². The molecule has 0 N–H and O–H groups in total. The summed E-state index contributed by atoms with van der Waals surface area (Å²) < 4.78 is 5.13. The Kier molecular flexibility index (Phi) is 5.12. The minimum atomic E-state index is -0.0474. The Balaban J connectivity index is 1.98. The number of hydrogen-bond acceptors (Lipinski definition) is 4. The predicted octanol–water partition coefficient (Wildman–Crippen LogP) is 1.75. The molecule has 0 spiro atoms. The molecule has 2 rings (SSSR count). The van der Waals surface area contributed by atoms with Gasteiger partial charge in [0.1, 0.15) is 12.3 Å². The van der Waals surface area contributed by atoms with Gasteiger partial charge in [-0.25, -0.2) is 0 Å². The minimum Gasteiger partial charge on any atom is -0.497 e. The van der Waals surface area contributed by atoms with Gasteiger partial charge < -0.3 is 14.5 Å². The summed E-state index contributed by atoms with van der Waals surface area (Å²) in [6, 6.07) is 7.61. The molecule has 1 atom stereocenters. The average molecular weight is 308 g/mol. The van der Waals surface area contributed by atoms with E-state index in [-0.39, 0.29) is 24.4 Å². The molecule has 6 heteroatoms. The number of benzene rings is 1. The van der Waals surface area contributed by atoms with Crippen LogP contribution < -0.4 is 4.74 Å². The standard InChI is InChI=1S/C15H20N2O3S/c1-11(12-4-6-13(20-3)7-5-12)16(2)14(18)8-17-10-21-9-15(17)19/h4-7,11H,8-10H2,1-3H3/t11-/m1/s1. The molecule has 1 fully saturated rings. The van der Waals surface area contributed by atoms with E-state index in [0.29, 0.717) is 11.6 Å². The summed E-state index contributed by atoms with van der Waals surface area (Å²) in [6.07, 6.45) is 0. The monoisotopic (exact) mass is 308 g/mol. The number of likely N-dealkylation sites (N-methyl/N-ethyl adjacent to an activating group) is 1. The first-order valence-electron chi connectivity index (χ1n) is 6.78. The van der Waals surface area contributed by atoms with Gasteiger partial charge in [-0.15, -0.1) is 11.8 Å². The number of methoxy groups -OCH3 is 1. The lowest BCUT2D eigenvalue weighted by Gasteiger charge is -2.27. The Morgan fingerprint density at radius 2 is 2.10 bits per heavy atom. The zero-order valence-electron chi connectivity index (χ0n) is 12.5. The Hall–Kier alpha value is -1.69. The fraction of sp³-hybridized carbons (Fsp3) is 0.467. The molecule has 1 saturated heterocycles. The van der Waals surface area contributed by atoms with E-state index in [1.54, 1.807) is 35.7 Å². The first kappa shape index (κ1) is 15.7. The van der Waals surface area contributed by atoms with Gasteiger partial charge in [-0.2, -0.15) is 0 Å². The summed E-state index contributed by atoms with van der Waals surface area (Å²) >= 11 is 1.54. The van der Waals surface area contributed by atoms with Crippen molar-refractivity contribution >= 4 is 23.6 Å². The molecule has 2 amide bonds. The molecule has 1 aliphatic heterocycles. The Bertz CT molecular complexity index is 518. The second kappa shape index (κ2) is 6.85. The number of rotatable bonds is 5. The van der Waals surface area contributed by atoms with Gasteiger partial charge in [0, 0.05) is 7.05 Å². The van der Waals surface area contributed by atoms with Crippen LogP contribution in [0.4, 0.5) is 0 Å². The maximum absolute atomic E-state index is 12.3. The summed E-state index contributed by atoms with van der Waals surface area (Å²) in [5.74, 6) is 1.87. The summed E-state index contributed by atoms with van der Waals surface area (Å²) in [5, 5.41) is 0. The number of carbonyl (C=O) groups is 2. The van der Waals surface area contributed by atoms with Crippen molar-refractivity contribution in [3.05, 3.63) is 29.8 Å². The molecule has 1 aromatic carbocycles. The lowest BCUT2D eigenvalue weighted by atomic mass is 10.1. The van der Waals surface area contributed by atoms with Crippen molar-refractivity contribution in [3.63, 3.8) is 0 Å². The Morgan fingerprint density at radius 3 is 2.62 bits per heavy atom. The highest BCUT2D eigenvalue weighted by Crippen LogP contribution is 2.22. The summed E-state index contributed by atoms with van der Waals surface area (Å²) in [4.78, 5) is 27.1. The Morgan fingerprint density at radius 1 is 1.43 bits per heavy atom. The largest absolute Gasteiger partial charge is 0.497 e. The Labute approximate surface area is 129 Å². The second-order valence-electron chi connectivity index (χ2n) is 5.02.